The predicted octanol–water partition coefficient (Wildman–Crippen LogP) is 1.68. The largest absolute Gasteiger partial charge is 0.455 e. The van der Waals surface area contributed by atoms with Crippen molar-refractivity contribution in [1.29, 1.82) is 0 Å². The molecule has 0 amide bonds. The van der Waals surface area contributed by atoms with Gasteiger partial charge in [-0.25, -0.2) is 9.78 Å². The standard InChI is InChI=1S/C13H18N2O2/c1-13(2,3)17-12(16)10-5-4-9-6-7-14-8-11(9)15-10/h4-5,14H,6-8H2,1-3H3. The molecule has 2 heterocycles. The first-order valence-electron chi connectivity index (χ1n) is 5.88. The van der Waals surface area contributed by atoms with Crippen LogP contribution in [0, 0.1) is 0 Å². The van der Waals surface area contributed by atoms with E-state index >= 15 is 0 Å². The van der Waals surface area contributed by atoms with Crippen LogP contribution in [0.1, 0.15) is 42.5 Å². The Bertz CT molecular complexity index is 436. The van der Waals surface area contributed by atoms with Crippen LogP contribution in [0.25, 0.3) is 0 Å². The third-order valence-corrected chi connectivity index (χ3v) is 2.54. The van der Waals surface area contributed by atoms with Gasteiger partial charge in [-0.15, -0.1) is 0 Å². The molecular weight excluding hydrogens is 216 g/mol. The van der Waals surface area contributed by atoms with Crippen molar-refractivity contribution < 1.29 is 9.53 Å². The average molecular weight is 234 g/mol. The topological polar surface area (TPSA) is 51.2 Å². The zero-order valence-corrected chi connectivity index (χ0v) is 10.5. The Morgan fingerprint density at radius 1 is 1.41 bits per heavy atom. The minimum absolute atomic E-state index is 0.356. The molecule has 1 aromatic rings. The number of hydrogen-bond donors (Lipinski definition) is 1. The molecular formula is C13H18N2O2. The molecule has 0 fully saturated rings. The summed E-state index contributed by atoms with van der Waals surface area (Å²) in [6.45, 7) is 7.26. The number of esters is 1. The second-order valence-corrected chi connectivity index (χ2v) is 5.23. The molecule has 1 aliphatic heterocycles. The number of rotatable bonds is 1. The maximum absolute atomic E-state index is 11.8. The monoisotopic (exact) mass is 234 g/mol. The van der Waals surface area contributed by atoms with E-state index in [4.69, 9.17) is 4.74 Å². The summed E-state index contributed by atoms with van der Waals surface area (Å²) in [5.74, 6) is -0.356. The molecule has 0 bridgehead atoms. The van der Waals surface area contributed by atoms with E-state index in [1.807, 2.05) is 26.8 Å². The highest BCUT2D eigenvalue weighted by Crippen LogP contribution is 2.15. The Kier molecular flexibility index (Phi) is 3.15. The molecule has 0 unspecified atom stereocenters. The summed E-state index contributed by atoms with van der Waals surface area (Å²) < 4.78 is 5.29. The van der Waals surface area contributed by atoms with Gasteiger partial charge in [0.05, 0.1) is 5.69 Å². The van der Waals surface area contributed by atoms with Gasteiger partial charge >= 0.3 is 5.97 Å². The van der Waals surface area contributed by atoms with Gasteiger partial charge in [-0.1, -0.05) is 6.07 Å². The molecule has 0 aliphatic carbocycles. The van der Waals surface area contributed by atoms with Gasteiger partial charge in [-0.2, -0.15) is 0 Å². The third kappa shape index (κ3) is 3.03. The van der Waals surface area contributed by atoms with Crippen LogP contribution < -0.4 is 5.32 Å². The molecule has 0 aromatic carbocycles. The summed E-state index contributed by atoms with van der Waals surface area (Å²) in [5.41, 5.74) is 2.09. The van der Waals surface area contributed by atoms with Gasteiger partial charge in [0, 0.05) is 6.54 Å². The van der Waals surface area contributed by atoms with Gasteiger partial charge in [0.2, 0.25) is 0 Å². The highest BCUT2D eigenvalue weighted by molar-refractivity contribution is 5.87. The summed E-state index contributed by atoms with van der Waals surface area (Å²) in [7, 11) is 0. The van der Waals surface area contributed by atoms with Crippen LogP contribution in [-0.4, -0.2) is 23.1 Å². The molecule has 92 valence electrons. The van der Waals surface area contributed by atoms with Crippen molar-refractivity contribution in [3.8, 4) is 0 Å². The molecule has 2 rings (SSSR count). The van der Waals surface area contributed by atoms with E-state index in [0.29, 0.717) is 5.69 Å². The van der Waals surface area contributed by atoms with Gasteiger partial charge in [0.25, 0.3) is 0 Å². The van der Waals surface area contributed by atoms with Crippen LogP contribution in [0.3, 0.4) is 0 Å². The molecule has 0 saturated carbocycles. The van der Waals surface area contributed by atoms with Crippen molar-refractivity contribution in [2.24, 2.45) is 0 Å². The van der Waals surface area contributed by atoms with E-state index in [-0.39, 0.29) is 5.97 Å². The summed E-state index contributed by atoms with van der Waals surface area (Å²) >= 11 is 0. The molecule has 0 saturated heterocycles. The molecule has 0 spiro atoms. The predicted molar refractivity (Wildman–Crippen MR) is 64.8 cm³/mol. The average Bonchev–Trinajstić information content (AvgIpc) is 2.26. The van der Waals surface area contributed by atoms with Crippen molar-refractivity contribution in [2.75, 3.05) is 6.54 Å². The van der Waals surface area contributed by atoms with Gasteiger partial charge in [-0.05, 0) is 45.4 Å². The fourth-order valence-corrected chi connectivity index (χ4v) is 1.78. The zero-order valence-electron chi connectivity index (χ0n) is 10.5. The van der Waals surface area contributed by atoms with Crippen molar-refractivity contribution >= 4 is 5.97 Å². The van der Waals surface area contributed by atoms with Crippen molar-refractivity contribution in [1.82, 2.24) is 10.3 Å². The van der Waals surface area contributed by atoms with E-state index in [0.717, 1.165) is 25.2 Å². The number of pyridine rings is 1. The number of ether oxygens (including phenoxy) is 1. The maximum atomic E-state index is 11.8. The Hall–Kier alpha value is -1.42. The number of nitrogens with zero attached hydrogens (tertiary/aromatic N) is 1. The van der Waals surface area contributed by atoms with Crippen LogP contribution in [0.15, 0.2) is 12.1 Å². The van der Waals surface area contributed by atoms with E-state index < -0.39 is 5.60 Å². The van der Waals surface area contributed by atoms with Gasteiger partial charge < -0.3 is 10.1 Å². The first-order valence-corrected chi connectivity index (χ1v) is 5.88. The van der Waals surface area contributed by atoms with Gasteiger partial charge in [-0.3, -0.25) is 0 Å². The molecule has 0 atom stereocenters. The first kappa shape index (κ1) is 12.0. The van der Waals surface area contributed by atoms with Crippen LogP contribution in [-0.2, 0) is 17.7 Å². The van der Waals surface area contributed by atoms with Crippen molar-refractivity contribution in [2.45, 2.75) is 39.3 Å². The third-order valence-electron chi connectivity index (χ3n) is 2.54. The summed E-state index contributed by atoms with van der Waals surface area (Å²) in [5, 5.41) is 3.24. The lowest BCUT2D eigenvalue weighted by molar-refractivity contribution is 0.00624. The number of fused-ring (bicyclic) bond motifs is 1. The fraction of sp³-hybridized carbons (Fsp3) is 0.538. The van der Waals surface area contributed by atoms with E-state index in [1.54, 1.807) is 6.07 Å². The quantitative estimate of drug-likeness (QED) is 0.751. The Morgan fingerprint density at radius 3 is 2.88 bits per heavy atom. The summed E-state index contributed by atoms with van der Waals surface area (Å²) in [6.07, 6.45) is 0.969. The van der Waals surface area contributed by atoms with E-state index in [9.17, 15) is 4.79 Å². The molecule has 17 heavy (non-hydrogen) atoms. The Labute approximate surface area is 101 Å². The van der Waals surface area contributed by atoms with Crippen LogP contribution in [0.5, 0.6) is 0 Å². The van der Waals surface area contributed by atoms with Gasteiger partial charge in [0.1, 0.15) is 11.3 Å². The normalized spacial score (nSPS) is 15.2. The Morgan fingerprint density at radius 2 is 2.18 bits per heavy atom. The highest BCUT2D eigenvalue weighted by Gasteiger charge is 2.20. The number of carbonyl (C=O) groups is 1. The van der Waals surface area contributed by atoms with E-state index in [1.165, 1.54) is 5.56 Å². The zero-order chi connectivity index (χ0) is 12.5. The molecule has 1 aliphatic rings. The van der Waals surface area contributed by atoms with Gasteiger partial charge in [0.15, 0.2) is 0 Å². The lowest BCUT2D eigenvalue weighted by Gasteiger charge is -2.20. The van der Waals surface area contributed by atoms with Crippen LogP contribution >= 0.6 is 0 Å². The highest BCUT2D eigenvalue weighted by atomic mass is 16.6. The summed E-state index contributed by atoms with van der Waals surface area (Å²) in [4.78, 5) is 16.2. The minimum atomic E-state index is -0.479. The number of nitrogens with one attached hydrogen (secondary N) is 1. The van der Waals surface area contributed by atoms with E-state index in [2.05, 4.69) is 10.3 Å². The van der Waals surface area contributed by atoms with Crippen LogP contribution in [0.2, 0.25) is 0 Å². The number of carbonyl (C=O) groups excluding carboxylic acids is 1. The minimum Gasteiger partial charge on any atom is -0.455 e. The number of aromatic nitrogens is 1. The molecule has 4 heteroatoms. The Balaban J connectivity index is 2.19. The first-order chi connectivity index (χ1) is 7.96. The SMILES string of the molecule is CC(C)(C)OC(=O)c1ccc2c(n1)CNCC2. The fourth-order valence-electron chi connectivity index (χ4n) is 1.78. The van der Waals surface area contributed by atoms with Crippen LogP contribution in [0.4, 0.5) is 0 Å². The maximum Gasteiger partial charge on any atom is 0.357 e. The lowest BCUT2D eigenvalue weighted by atomic mass is 10.1. The van der Waals surface area contributed by atoms with Crippen molar-refractivity contribution in [3.63, 3.8) is 0 Å². The summed E-state index contributed by atoms with van der Waals surface area (Å²) in [6, 6.07) is 3.72. The number of hydrogen-bond acceptors (Lipinski definition) is 4. The second kappa shape index (κ2) is 4.45. The lowest BCUT2D eigenvalue weighted by Crippen LogP contribution is -2.27. The molecule has 4 nitrogen and oxygen atoms in total. The second-order valence-electron chi connectivity index (χ2n) is 5.23. The molecule has 1 aromatic heterocycles. The van der Waals surface area contributed by atoms with Crippen molar-refractivity contribution in [3.05, 3.63) is 29.1 Å². The molecule has 1 N–H and O–H groups in total. The smallest absolute Gasteiger partial charge is 0.357 e. The molecule has 0 radical (unpaired) electrons.